The maximum absolute atomic E-state index is 14.2. The lowest BCUT2D eigenvalue weighted by molar-refractivity contribution is -0.384. The predicted molar refractivity (Wildman–Crippen MR) is 97.9 cm³/mol. The normalized spacial score (nSPS) is 11.7. The molecule has 0 bridgehead atoms. The summed E-state index contributed by atoms with van der Waals surface area (Å²) < 4.78 is 29.3. The smallest absolute Gasteiger partial charge is 0.281 e. The van der Waals surface area contributed by atoms with Gasteiger partial charge in [0.2, 0.25) is 0 Å². The van der Waals surface area contributed by atoms with Gasteiger partial charge in [-0.2, -0.15) is 4.99 Å². The van der Waals surface area contributed by atoms with Gasteiger partial charge in [-0.05, 0) is 12.1 Å². The fourth-order valence-electron chi connectivity index (χ4n) is 2.45. The zero-order valence-corrected chi connectivity index (χ0v) is 15.1. The van der Waals surface area contributed by atoms with Crippen LogP contribution in [0, 0.1) is 21.7 Å². The number of aromatic nitrogens is 1. The van der Waals surface area contributed by atoms with Gasteiger partial charge in [-0.15, -0.1) is 6.58 Å². The number of nitro groups is 1. The van der Waals surface area contributed by atoms with Crippen LogP contribution in [0.2, 0.25) is 5.02 Å². The van der Waals surface area contributed by atoms with Crippen molar-refractivity contribution in [2.75, 3.05) is 0 Å². The van der Waals surface area contributed by atoms with Crippen LogP contribution in [0.15, 0.2) is 48.0 Å². The molecular weight excluding hydrogens is 400 g/mol. The lowest BCUT2D eigenvalue weighted by atomic mass is 10.2. The monoisotopic (exact) mass is 409 g/mol. The van der Waals surface area contributed by atoms with Gasteiger partial charge >= 0.3 is 0 Å². The van der Waals surface area contributed by atoms with E-state index in [2.05, 4.69) is 11.6 Å². The minimum atomic E-state index is -0.839. The molecule has 1 aromatic heterocycles. The molecule has 0 radical (unpaired) electrons. The number of amides is 1. The fourth-order valence-corrected chi connectivity index (χ4v) is 3.73. The lowest BCUT2D eigenvalue weighted by Crippen LogP contribution is -2.17. The number of fused-ring (bicyclic) bond motifs is 1. The molecule has 27 heavy (non-hydrogen) atoms. The Morgan fingerprint density at radius 1 is 1.37 bits per heavy atom. The molecule has 6 nitrogen and oxygen atoms in total. The van der Waals surface area contributed by atoms with Crippen LogP contribution in [0.3, 0.4) is 0 Å². The standard InChI is InChI=1S/C17H10ClF2N3O3S/c1-2-5-22-15-13(20)6-9(19)7-14(15)27-17(22)21-16(24)11-8-10(23(25)26)3-4-12(11)18/h2-4,6-8H,1,5H2. The maximum atomic E-state index is 14.2. The number of carbonyl (C=O) groups is 1. The number of nitrogens with zero attached hydrogens (tertiary/aromatic N) is 3. The van der Waals surface area contributed by atoms with Crippen LogP contribution in [0.1, 0.15) is 10.4 Å². The van der Waals surface area contributed by atoms with Gasteiger partial charge in [0.1, 0.15) is 5.82 Å². The first-order valence-electron chi connectivity index (χ1n) is 7.44. The second-order valence-electron chi connectivity index (χ2n) is 5.36. The number of rotatable bonds is 4. The first kappa shape index (κ1) is 18.9. The predicted octanol–water partition coefficient (Wildman–Crippen LogP) is 4.47. The Balaban J connectivity index is 2.21. The molecule has 3 rings (SSSR count). The fraction of sp³-hybridized carbons (Fsp3) is 0.0588. The van der Waals surface area contributed by atoms with Crippen molar-refractivity contribution in [2.45, 2.75) is 6.54 Å². The summed E-state index contributed by atoms with van der Waals surface area (Å²) >= 11 is 6.86. The summed E-state index contributed by atoms with van der Waals surface area (Å²) in [4.78, 5) is 26.8. The average molecular weight is 410 g/mol. The number of carbonyl (C=O) groups excluding carboxylic acids is 1. The molecule has 0 aliphatic heterocycles. The molecule has 10 heteroatoms. The SMILES string of the molecule is C=CCn1c(=NC(=O)c2cc([N+](=O)[O-])ccc2Cl)sc2cc(F)cc(F)c21. The summed E-state index contributed by atoms with van der Waals surface area (Å²) in [6, 6.07) is 5.26. The van der Waals surface area contributed by atoms with Crippen molar-refractivity contribution in [3.63, 3.8) is 0 Å². The molecule has 0 N–H and O–H groups in total. The third kappa shape index (κ3) is 3.64. The molecule has 0 saturated heterocycles. The van der Waals surface area contributed by atoms with Crippen LogP contribution in [0.5, 0.6) is 0 Å². The third-order valence-corrected chi connectivity index (χ3v) is 4.95. The van der Waals surface area contributed by atoms with E-state index in [1.54, 1.807) is 0 Å². The third-order valence-electron chi connectivity index (χ3n) is 3.60. The van der Waals surface area contributed by atoms with Crippen LogP contribution in [-0.4, -0.2) is 15.4 Å². The summed E-state index contributed by atoms with van der Waals surface area (Å²) in [5.41, 5.74) is -0.403. The van der Waals surface area contributed by atoms with E-state index < -0.39 is 22.5 Å². The first-order valence-corrected chi connectivity index (χ1v) is 8.63. The Hall–Kier alpha value is -2.91. The highest BCUT2D eigenvalue weighted by Gasteiger charge is 2.17. The van der Waals surface area contributed by atoms with Crippen molar-refractivity contribution >= 4 is 44.7 Å². The molecule has 0 atom stereocenters. The number of benzene rings is 2. The Morgan fingerprint density at radius 2 is 2.11 bits per heavy atom. The highest BCUT2D eigenvalue weighted by molar-refractivity contribution is 7.16. The zero-order valence-electron chi connectivity index (χ0n) is 13.5. The van der Waals surface area contributed by atoms with E-state index in [4.69, 9.17) is 11.6 Å². The van der Waals surface area contributed by atoms with Crippen molar-refractivity contribution in [1.29, 1.82) is 0 Å². The van der Waals surface area contributed by atoms with Gasteiger partial charge in [-0.3, -0.25) is 14.9 Å². The van der Waals surface area contributed by atoms with Crippen LogP contribution < -0.4 is 4.80 Å². The van der Waals surface area contributed by atoms with Crippen molar-refractivity contribution in [1.82, 2.24) is 4.57 Å². The summed E-state index contributed by atoms with van der Waals surface area (Å²) in [6.45, 7) is 3.70. The number of hydrogen-bond acceptors (Lipinski definition) is 4. The first-order chi connectivity index (χ1) is 12.8. The second-order valence-corrected chi connectivity index (χ2v) is 6.77. The largest absolute Gasteiger partial charge is 0.310 e. The van der Waals surface area contributed by atoms with E-state index in [1.165, 1.54) is 16.7 Å². The quantitative estimate of drug-likeness (QED) is 0.362. The van der Waals surface area contributed by atoms with Gasteiger partial charge in [0, 0.05) is 24.7 Å². The lowest BCUT2D eigenvalue weighted by Gasteiger charge is -2.03. The van der Waals surface area contributed by atoms with Crippen molar-refractivity contribution < 1.29 is 18.5 Å². The number of halogens is 3. The molecule has 0 unspecified atom stereocenters. The van der Waals surface area contributed by atoms with Gasteiger partial charge in [0.15, 0.2) is 10.6 Å². The van der Waals surface area contributed by atoms with Crippen molar-refractivity contribution in [3.05, 3.63) is 80.1 Å². The summed E-state index contributed by atoms with van der Waals surface area (Å²) in [6.07, 6.45) is 1.47. The highest BCUT2D eigenvalue weighted by Crippen LogP contribution is 2.24. The maximum Gasteiger partial charge on any atom is 0.281 e. The molecular formula is C17H10ClF2N3O3S. The number of nitro benzene ring substituents is 1. The van der Waals surface area contributed by atoms with Crippen molar-refractivity contribution in [2.24, 2.45) is 4.99 Å². The molecule has 0 saturated carbocycles. The van der Waals surface area contributed by atoms with E-state index in [9.17, 15) is 23.7 Å². The average Bonchev–Trinajstić information content (AvgIpc) is 2.92. The van der Waals surface area contributed by atoms with E-state index in [0.717, 1.165) is 35.6 Å². The van der Waals surface area contributed by atoms with Gasteiger partial charge in [0.05, 0.1) is 25.7 Å². The van der Waals surface area contributed by atoms with E-state index in [0.29, 0.717) is 0 Å². The van der Waals surface area contributed by atoms with E-state index >= 15 is 0 Å². The number of thiazole rings is 1. The van der Waals surface area contributed by atoms with Crippen LogP contribution >= 0.6 is 22.9 Å². The molecule has 0 aliphatic carbocycles. The van der Waals surface area contributed by atoms with E-state index in [1.807, 2.05) is 0 Å². The van der Waals surface area contributed by atoms with Gasteiger partial charge in [0.25, 0.3) is 11.6 Å². The van der Waals surface area contributed by atoms with Gasteiger partial charge in [-0.1, -0.05) is 29.0 Å². The number of hydrogen-bond donors (Lipinski definition) is 0. The molecule has 0 aliphatic rings. The van der Waals surface area contributed by atoms with Crippen LogP contribution in [0.4, 0.5) is 14.5 Å². The molecule has 138 valence electrons. The van der Waals surface area contributed by atoms with Crippen molar-refractivity contribution in [3.8, 4) is 0 Å². The molecule has 1 heterocycles. The Bertz CT molecular complexity index is 1170. The minimum absolute atomic E-state index is 0.0112. The molecule has 1 amide bonds. The van der Waals surface area contributed by atoms with E-state index in [-0.39, 0.29) is 37.8 Å². The molecule has 0 spiro atoms. The van der Waals surface area contributed by atoms with Gasteiger partial charge < -0.3 is 4.57 Å². The highest BCUT2D eigenvalue weighted by atomic mass is 35.5. The second kappa shape index (κ2) is 7.37. The van der Waals surface area contributed by atoms with Gasteiger partial charge in [-0.25, -0.2) is 8.78 Å². The summed E-state index contributed by atoms with van der Waals surface area (Å²) in [7, 11) is 0. The Kier molecular flexibility index (Phi) is 5.15. The zero-order chi connectivity index (χ0) is 19.7. The topological polar surface area (TPSA) is 77.5 Å². The number of allylic oxidation sites excluding steroid dienone is 1. The molecule has 3 aromatic rings. The molecule has 2 aromatic carbocycles. The Labute approximate surface area is 159 Å². The number of non-ortho nitro benzene ring substituents is 1. The summed E-state index contributed by atoms with van der Waals surface area (Å²) in [5.74, 6) is -2.40. The Morgan fingerprint density at radius 3 is 2.78 bits per heavy atom. The molecule has 0 fully saturated rings. The summed E-state index contributed by atoms with van der Waals surface area (Å²) in [5, 5.41) is 10.9. The van der Waals surface area contributed by atoms with Crippen LogP contribution in [-0.2, 0) is 6.54 Å². The minimum Gasteiger partial charge on any atom is -0.310 e. The van der Waals surface area contributed by atoms with Crippen LogP contribution in [0.25, 0.3) is 10.2 Å².